The van der Waals surface area contributed by atoms with Crippen LogP contribution in [0.2, 0.25) is 0 Å². The molecular weight excluding hydrogens is 378 g/mol. The van der Waals surface area contributed by atoms with Crippen molar-refractivity contribution >= 4 is 17.2 Å². The van der Waals surface area contributed by atoms with Gasteiger partial charge in [-0.1, -0.05) is 6.07 Å². The molecule has 4 aromatic heterocycles. The zero-order chi connectivity index (χ0) is 20.1. The van der Waals surface area contributed by atoms with Crippen LogP contribution in [0.1, 0.15) is 52.8 Å². The lowest BCUT2D eigenvalue weighted by Crippen LogP contribution is -2.26. The third kappa shape index (κ3) is 3.22. The highest BCUT2D eigenvalue weighted by atomic mass is 19.3. The lowest BCUT2D eigenvalue weighted by molar-refractivity contribution is 0.0776. The molecule has 0 aliphatic heterocycles. The number of fused-ring (bicyclic) bond motifs is 2. The number of alkyl halides is 2. The largest absolute Gasteiger partial charge is 0.334 e. The number of halogens is 2. The SMILES string of the molecule is CN(Cc1cn2ccccc2n1)C(=O)c1cc2nc(C3CC3)cc(C(F)F)n2n1. The Bertz CT molecular complexity index is 1190. The molecule has 0 bridgehead atoms. The average molecular weight is 396 g/mol. The predicted molar refractivity (Wildman–Crippen MR) is 101 cm³/mol. The summed E-state index contributed by atoms with van der Waals surface area (Å²) >= 11 is 0. The van der Waals surface area contributed by atoms with Crippen LogP contribution in [-0.2, 0) is 6.54 Å². The van der Waals surface area contributed by atoms with Gasteiger partial charge in [-0.25, -0.2) is 23.3 Å². The highest BCUT2D eigenvalue weighted by Crippen LogP contribution is 2.40. The van der Waals surface area contributed by atoms with Crippen LogP contribution < -0.4 is 0 Å². The normalized spacial score (nSPS) is 14.2. The molecule has 0 radical (unpaired) electrons. The summed E-state index contributed by atoms with van der Waals surface area (Å²) in [6, 6.07) is 8.54. The van der Waals surface area contributed by atoms with Crippen LogP contribution in [0.15, 0.2) is 42.7 Å². The van der Waals surface area contributed by atoms with E-state index in [0.717, 1.165) is 28.7 Å². The van der Waals surface area contributed by atoms with E-state index in [9.17, 15) is 13.6 Å². The van der Waals surface area contributed by atoms with Gasteiger partial charge in [0.15, 0.2) is 11.3 Å². The molecule has 1 aliphatic carbocycles. The summed E-state index contributed by atoms with van der Waals surface area (Å²) in [5.74, 6) is -0.148. The zero-order valence-corrected chi connectivity index (χ0v) is 15.7. The van der Waals surface area contributed by atoms with E-state index in [0.29, 0.717) is 5.69 Å². The van der Waals surface area contributed by atoms with Crippen LogP contribution in [0, 0.1) is 0 Å². The monoisotopic (exact) mass is 396 g/mol. The van der Waals surface area contributed by atoms with E-state index in [1.54, 1.807) is 7.05 Å². The van der Waals surface area contributed by atoms with E-state index in [-0.39, 0.29) is 35.4 Å². The Labute approximate surface area is 164 Å². The minimum atomic E-state index is -2.70. The number of amides is 1. The fourth-order valence-corrected chi connectivity index (χ4v) is 3.44. The van der Waals surface area contributed by atoms with Crippen LogP contribution in [0.25, 0.3) is 11.3 Å². The quantitative estimate of drug-likeness (QED) is 0.518. The van der Waals surface area contributed by atoms with Crippen molar-refractivity contribution in [2.45, 2.75) is 31.7 Å². The highest BCUT2D eigenvalue weighted by molar-refractivity contribution is 5.93. The molecule has 148 valence electrons. The Kier molecular flexibility index (Phi) is 4.04. The molecule has 1 saturated carbocycles. The van der Waals surface area contributed by atoms with Gasteiger partial charge < -0.3 is 9.30 Å². The fourth-order valence-electron chi connectivity index (χ4n) is 3.44. The van der Waals surface area contributed by atoms with Gasteiger partial charge in [0.25, 0.3) is 12.3 Å². The smallest absolute Gasteiger partial charge is 0.280 e. The van der Waals surface area contributed by atoms with E-state index in [1.807, 2.05) is 35.0 Å². The molecule has 0 unspecified atom stereocenters. The number of carbonyl (C=O) groups excluding carboxylic acids is 1. The van der Waals surface area contributed by atoms with Crippen molar-refractivity contribution in [1.29, 1.82) is 0 Å². The van der Waals surface area contributed by atoms with Gasteiger partial charge >= 0.3 is 0 Å². The van der Waals surface area contributed by atoms with Crippen molar-refractivity contribution in [2.75, 3.05) is 7.05 Å². The summed E-state index contributed by atoms with van der Waals surface area (Å²) in [5.41, 5.74) is 2.27. The van der Waals surface area contributed by atoms with Crippen LogP contribution in [-0.4, -0.2) is 41.8 Å². The van der Waals surface area contributed by atoms with Gasteiger partial charge in [-0.15, -0.1) is 0 Å². The van der Waals surface area contributed by atoms with Crippen LogP contribution in [0.5, 0.6) is 0 Å². The average Bonchev–Trinajstić information content (AvgIpc) is 3.33. The molecule has 9 heteroatoms. The first-order valence-corrected chi connectivity index (χ1v) is 9.36. The summed E-state index contributed by atoms with van der Waals surface area (Å²) in [4.78, 5) is 23.2. The predicted octanol–water partition coefficient (Wildman–Crippen LogP) is 3.46. The molecule has 0 atom stereocenters. The van der Waals surface area contributed by atoms with Crippen LogP contribution in [0.4, 0.5) is 8.78 Å². The van der Waals surface area contributed by atoms with Crippen LogP contribution >= 0.6 is 0 Å². The van der Waals surface area contributed by atoms with E-state index in [4.69, 9.17) is 0 Å². The molecular formula is C20H18F2N6O. The molecule has 1 aliphatic rings. The van der Waals surface area contributed by atoms with Crippen molar-refractivity contribution < 1.29 is 13.6 Å². The molecule has 4 aromatic rings. The highest BCUT2D eigenvalue weighted by Gasteiger charge is 2.28. The lowest BCUT2D eigenvalue weighted by Gasteiger charge is -2.13. The van der Waals surface area contributed by atoms with E-state index in [1.165, 1.54) is 17.0 Å². The van der Waals surface area contributed by atoms with E-state index < -0.39 is 6.43 Å². The van der Waals surface area contributed by atoms with E-state index in [2.05, 4.69) is 15.1 Å². The Balaban J connectivity index is 1.44. The number of carbonyl (C=O) groups is 1. The molecule has 7 nitrogen and oxygen atoms in total. The van der Waals surface area contributed by atoms with Crippen molar-refractivity contribution in [2.24, 2.45) is 0 Å². The van der Waals surface area contributed by atoms with Gasteiger partial charge in [-0.2, -0.15) is 5.10 Å². The first-order chi connectivity index (χ1) is 14.0. The van der Waals surface area contributed by atoms with Gasteiger partial charge in [0, 0.05) is 37.1 Å². The lowest BCUT2D eigenvalue weighted by atomic mass is 10.2. The molecule has 0 aromatic carbocycles. The third-order valence-electron chi connectivity index (χ3n) is 5.07. The topological polar surface area (TPSA) is 67.8 Å². The molecule has 0 saturated heterocycles. The minimum Gasteiger partial charge on any atom is -0.334 e. The number of rotatable bonds is 5. The van der Waals surface area contributed by atoms with Crippen LogP contribution in [0.3, 0.4) is 0 Å². The zero-order valence-electron chi connectivity index (χ0n) is 15.7. The number of aromatic nitrogens is 5. The Hall–Kier alpha value is -3.36. The number of hydrogen-bond acceptors (Lipinski definition) is 4. The Morgan fingerprint density at radius 2 is 2.07 bits per heavy atom. The van der Waals surface area contributed by atoms with Gasteiger partial charge in [0.2, 0.25) is 0 Å². The Morgan fingerprint density at radius 3 is 2.79 bits per heavy atom. The maximum atomic E-state index is 13.5. The standard InChI is InChI=1S/C20H18F2N6O/c1-26(10-13-11-27-7-3-2-4-17(27)23-13)20(29)15-9-18-24-14(12-5-6-12)8-16(19(21)22)28(18)25-15/h2-4,7-9,11-12,19H,5-6,10H2,1H3. The maximum absolute atomic E-state index is 13.5. The fraction of sp³-hybridized carbons (Fsp3) is 0.300. The molecule has 1 amide bonds. The van der Waals surface area contributed by atoms with Gasteiger partial charge in [-0.3, -0.25) is 4.79 Å². The minimum absolute atomic E-state index is 0.0820. The van der Waals surface area contributed by atoms with Gasteiger partial charge in [0.05, 0.1) is 12.2 Å². The second-order valence-electron chi connectivity index (χ2n) is 7.34. The summed E-state index contributed by atoms with van der Waals surface area (Å²) in [6.07, 6.45) is 2.93. The van der Waals surface area contributed by atoms with Crippen molar-refractivity contribution in [3.05, 3.63) is 65.5 Å². The number of pyridine rings is 1. The van der Waals surface area contributed by atoms with Crippen molar-refractivity contribution in [1.82, 2.24) is 28.9 Å². The number of imidazole rings is 1. The van der Waals surface area contributed by atoms with Crippen molar-refractivity contribution in [3.8, 4) is 0 Å². The number of nitrogens with zero attached hydrogens (tertiary/aromatic N) is 6. The first kappa shape index (κ1) is 17.7. The molecule has 0 spiro atoms. The molecule has 1 fully saturated rings. The van der Waals surface area contributed by atoms with E-state index >= 15 is 0 Å². The third-order valence-corrected chi connectivity index (χ3v) is 5.07. The maximum Gasteiger partial charge on any atom is 0.280 e. The summed E-state index contributed by atoms with van der Waals surface area (Å²) < 4.78 is 30.0. The Morgan fingerprint density at radius 1 is 1.24 bits per heavy atom. The van der Waals surface area contributed by atoms with Gasteiger partial charge in [-0.05, 0) is 31.0 Å². The molecule has 29 heavy (non-hydrogen) atoms. The molecule has 5 rings (SSSR count). The summed E-state index contributed by atoms with van der Waals surface area (Å²) in [6.45, 7) is 0.275. The second kappa shape index (κ2) is 6.61. The summed E-state index contributed by atoms with van der Waals surface area (Å²) in [5, 5.41) is 4.12. The van der Waals surface area contributed by atoms with Crippen molar-refractivity contribution in [3.63, 3.8) is 0 Å². The van der Waals surface area contributed by atoms with Gasteiger partial charge in [0.1, 0.15) is 11.3 Å². The molecule has 4 heterocycles. The first-order valence-electron chi connectivity index (χ1n) is 9.36. The number of hydrogen-bond donors (Lipinski definition) is 0. The molecule has 0 N–H and O–H groups in total. The second-order valence-corrected chi connectivity index (χ2v) is 7.34. The summed E-state index contributed by atoms with van der Waals surface area (Å²) in [7, 11) is 1.63.